The van der Waals surface area contributed by atoms with E-state index in [1.807, 2.05) is 6.92 Å². The number of rotatable bonds is 8. The molecule has 1 aromatic heterocycles. The predicted octanol–water partition coefficient (Wildman–Crippen LogP) is 4.40. The molecule has 0 atom stereocenters. The standard InChI is InChI=1S/C21H20Cl2N2O4S/c1-15-4-7-18(8-5-15)30(27,28)25(13-16-6-9-19(22)20(23)11-16)14-21(26)24-12-17-3-2-10-29-17/h2-11H,12-14H2,1H3,(H,24,26). The molecule has 0 aliphatic carbocycles. The van der Waals surface area contributed by atoms with Crippen molar-refractivity contribution in [2.75, 3.05) is 6.54 Å². The summed E-state index contributed by atoms with van der Waals surface area (Å²) < 4.78 is 32.8. The first kappa shape index (κ1) is 22.4. The lowest BCUT2D eigenvalue weighted by atomic mass is 10.2. The number of nitrogens with zero attached hydrogens (tertiary/aromatic N) is 1. The van der Waals surface area contributed by atoms with E-state index in [4.69, 9.17) is 27.6 Å². The van der Waals surface area contributed by atoms with Gasteiger partial charge in [-0.15, -0.1) is 0 Å². The van der Waals surface area contributed by atoms with E-state index in [-0.39, 0.29) is 24.5 Å². The lowest BCUT2D eigenvalue weighted by Gasteiger charge is -2.22. The minimum absolute atomic E-state index is 0.0404. The molecule has 1 amide bonds. The highest BCUT2D eigenvalue weighted by atomic mass is 35.5. The van der Waals surface area contributed by atoms with Crippen molar-refractivity contribution < 1.29 is 17.6 Å². The van der Waals surface area contributed by atoms with Gasteiger partial charge in [0.05, 0.1) is 34.3 Å². The zero-order valence-electron chi connectivity index (χ0n) is 16.1. The molecule has 3 aromatic rings. The second kappa shape index (κ2) is 9.66. The van der Waals surface area contributed by atoms with E-state index < -0.39 is 15.9 Å². The molecule has 0 saturated carbocycles. The highest BCUT2D eigenvalue weighted by molar-refractivity contribution is 7.89. The van der Waals surface area contributed by atoms with Crippen LogP contribution < -0.4 is 5.32 Å². The maximum atomic E-state index is 13.2. The Hall–Kier alpha value is -2.32. The number of carbonyl (C=O) groups excluding carboxylic acids is 1. The Bertz CT molecular complexity index is 1110. The molecule has 0 unspecified atom stereocenters. The molecule has 1 heterocycles. The Morgan fingerprint density at radius 3 is 2.43 bits per heavy atom. The minimum atomic E-state index is -3.93. The van der Waals surface area contributed by atoms with Crippen molar-refractivity contribution >= 4 is 39.1 Å². The van der Waals surface area contributed by atoms with Gasteiger partial charge in [0, 0.05) is 6.54 Å². The van der Waals surface area contributed by atoms with Gasteiger partial charge in [-0.05, 0) is 48.9 Å². The van der Waals surface area contributed by atoms with Crippen LogP contribution in [0.25, 0.3) is 0 Å². The minimum Gasteiger partial charge on any atom is -0.467 e. The summed E-state index contributed by atoms with van der Waals surface area (Å²) in [6, 6.07) is 14.7. The lowest BCUT2D eigenvalue weighted by molar-refractivity contribution is -0.121. The van der Waals surface area contributed by atoms with Crippen molar-refractivity contribution in [2.24, 2.45) is 0 Å². The van der Waals surface area contributed by atoms with Gasteiger partial charge in [-0.3, -0.25) is 4.79 Å². The summed E-state index contributed by atoms with van der Waals surface area (Å²) in [6.45, 7) is 1.63. The molecule has 0 aliphatic heterocycles. The number of halogens is 2. The zero-order chi connectivity index (χ0) is 21.7. The van der Waals surface area contributed by atoms with Gasteiger partial charge in [0.1, 0.15) is 5.76 Å². The molecule has 0 radical (unpaired) electrons. The van der Waals surface area contributed by atoms with Crippen LogP contribution in [0.4, 0.5) is 0 Å². The maximum absolute atomic E-state index is 13.2. The van der Waals surface area contributed by atoms with E-state index >= 15 is 0 Å². The molecule has 158 valence electrons. The van der Waals surface area contributed by atoms with E-state index in [0.29, 0.717) is 21.4 Å². The second-order valence-corrected chi connectivity index (χ2v) is 9.44. The molecule has 0 fully saturated rings. The highest BCUT2D eigenvalue weighted by Gasteiger charge is 2.27. The molecule has 0 saturated heterocycles. The molecule has 1 N–H and O–H groups in total. The topological polar surface area (TPSA) is 79.6 Å². The van der Waals surface area contributed by atoms with Gasteiger partial charge in [-0.1, -0.05) is 47.0 Å². The van der Waals surface area contributed by atoms with Gasteiger partial charge in [0.15, 0.2) is 0 Å². The highest BCUT2D eigenvalue weighted by Crippen LogP contribution is 2.25. The normalized spacial score (nSPS) is 11.6. The largest absolute Gasteiger partial charge is 0.467 e. The van der Waals surface area contributed by atoms with Gasteiger partial charge >= 0.3 is 0 Å². The van der Waals surface area contributed by atoms with Gasteiger partial charge < -0.3 is 9.73 Å². The third-order valence-corrected chi connectivity index (χ3v) is 6.91. The van der Waals surface area contributed by atoms with Crippen molar-refractivity contribution in [3.63, 3.8) is 0 Å². The molecule has 0 bridgehead atoms. The van der Waals surface area contributed by atoms with E-state index in [2.05, 4.69) is 5.32 Å². The summed E-state index contributed by atoms with van der Waals surface area (Å²) >= 11 is 12.0. The Morgan fingerprint density at radius 1 is 1.07 bits per heavy atom. The molecule has 9 heteroatoms. The fourth-order valence-corrected chi connectivity index (χ4v) is 4.45. The third kappa shape index (κ3) is 5.64. The Balaban J connectivity index is 1.84. The fraction of sp³-hybridized carbons (Fsp3) is 0.190. The monoisotopic (exact) mass is 466 g/mol. The van der Waals surface area contributed by atoms with E-state index in [1.165, 1.54) is 18.4 Å². The molecular weight excluding hydrogens is 447 g/mol. The average molecular weight is 467 g/mol. The molecule has 3 rings (SSSR count). The summed E-state index contributed by atoms with van der Waals surface area (Å²) in [5.74, 6) is 0.114. The summed E-state index contributed by atoms with van der Waals surface area (Å²) in [6.07, 6.45) is 1.50. The van der Waals surface area contributed by atoms with Crippen molar-refractivity contribution in [3.05, 3.63) is 87.8 Å². The second-order valence-electron chi connectivity index (χ2n) is 6.69. The van der Waals surface area contributed by atoms with Gasteiger partial charge in [-0.25, -0.2) is 8.42 Å². The number of aryl methyl sites for hydroxylation is 1. The van der Waals surface area contributed by atoms with Crippen molar-refractivity contribution in [1.82, 2.24) is 9.62 Å². The van der Waals surface area contributed by atoms with E-state index in [0.717, 1.165) is 9.87 Å². The number of furan rings is 1. The summed E-state index contributed by atoms with van der Waals surface area (Å²) in [4.78, 5) is 12.6. The van der Waals surface area contributed by atoms with Crippen molar-refractivity contribution in [1.29, 1.82) is 0 Å². The van der Waals surface area contributed by atoms with Crippen LogP contribution in [0.3, 0.4) is 0 Å². The Labute approximate surface area is 185 Å². The SMILES string of the molecule is Cc1ccc(S(=O)(=O)N(CC(=O)NCc2ccco2)Cc2ccc(Cl)c(Cl)c2)cc1. The Morgan fingerprint density at radius 2 is 1.80 bits per heavy atom. The predicted molar refractivity (Wildman–Crippen MR) is 116 cm³/mol. The molecule has 0 aliphatic rings. The van der Waals surface area contributed by atoms with Crippen LogP contribution in [0.1, 0.15) is 16.9 Å². The first-order chi connectivity index (χ1) is 14.3. The van der Waals surface area contributed by atoms with Crippen LogP contribution in [-0.4, -0.2) is 25.2 Å². The van der Waals surface area contributed by atoms with Crippen molar-refractivity contribution in [2.45, 2.75) is 24.9 Å². The number of sulfonamides is 1. The first-order valence-corrected chi connectivity index (χ1v) is 11.2. The number of nitrogens with one attached hydrogen (secondary N) is 1. The van der Waals surface area contributed by atoms with Gasteiger partial charge in [0.2, 0.25) is 15.9 Å². The van der Waals surface area contributed by atoms with Gasteiger partial charge in [0.25, 0.3) is 0 Å². The summed E-state index contributed by atoms with van der Waals surface area (Å²) in [7, 11) is -3.93. The molecule has 0 spiro atoms. The van der Waals surface area contributed by atoms with Crippen LogP contribution in [-0.2, 0) is 27.9 Å². The van der Waals surface area contributed by atoms with Crippen LogP contribution in [0.5, 0.6) is 0 Å². The van der Waals surface area contributed by atoms with Crippen LogP contribution in [0, 0.1) is 6.92 Å². The summed E-state index contributed by atoms with van der Waals surface area (Å²) in [5.41, 5.74) is 1.54. The van der Waals surface area contributed by atoms with Gasteiger partial charge in [-0.2, -0.15) is 4.31 Å². The van der Waals surface area contributed by atoms with Crippen molar-refractivity contribution in [3.8, 4) is 0 Å². The number of benzene rings is 2. The number of carbonyl (C=O) groups is 1. The molecule has 30 heavy (non-hydrogen) atoms. The fourth-order valence-electron chi connectivity index (χ4n) is 2.74. The van der Waals surface area contributed by atoms with Crippen LogP contribution in [0.2, 0.25) is 10.0 Å². The molecule has 6 nitrogen and oxygen atoms in total. The zero-order valence-corrected chi connectivity index (χ0v) is 18.5. The number of hydrogen-bond acceptors (Lipinski definition) is 4. The van der Waals surface area contributed by atoms with Crippen LogP contribution in [0.15, 0.2) is 70.2 Å². The Kier molecular flexibility index (Phi) is 7.20. The maximum Gasteiger partial charge on any atom is 0.243 e. The quantitative estimate of drug-likeness (QED) is 0.533. The number of amides is 1. The third-order valence-electron chi connectivity index (χ3n) is 4.36. The first-order valence-electron chi connectivity index (χ1n) is 9.05. The molecular formula is C21H20Cl2N2O4S. The lowest BCUT2D eigenvalue weighted by Crippen LogP contribution is -2.40. The average Bonchev–Trinajstić information content (AvgIpc) is 3.23. The number of hydrogen-bond donors (Lipinski definition) is 1. The molecule has 2 aromatic carbocycles. The van der Waals surface area contributed by atoms with E-state index in [9.17, 15) is 13.2 Å². The smallest absolute Gasteiger partial charge is 0.243 e. The summed E-state index contributed by atoms with van der Waals surface area (Å²) in [5, 5.41) is 3.34. The van der Waals surface area contributed by atoms with Crippen LogP contribution >= 0.6 is 23.2 Å². The van der Waals surface area contributed by atoms with E-state index in [1.54, 1.807) is 42.5 Å².